The summed E-state index contributed by atoms with van der Waals surface area (Å²) in [5.41, 5.74) is 3.18. The van der Waals surface area contributed by atoms with Gasteiger partial charge in [-0.1, -0.05) is 12.1 Å². The monoisotopic (exact) mass is 511 g/mol. The normalized spacial score (nSPS) is 18.1. The van der Waals surface area contributed by atoms with Crippen LogP contribution in [0.15, 0.2) is 67.1 Å². The number of hydrogen-bond acceptors (Lipinski definition) is 3. The largest absolute Gasteiger partial charge is 0.573 e. The minimum absolute atomic E-state index is 0.276. The maximum absolute atomic E-state index is 13.8. The third kappa shape index (κ3) is 5.76. The highest BCUT2D eigenvalue weighted by Gasteiger charge is 2.31. The van der Waals surface area contributed by atoms with Gasteiger partial charge in [-0.2, -0.15) is 0 Å². The van der Waals surface area contributed by atoms with E-state index < -0.39 is 6.36 Å². The standard InChI is InChI=1S/C28H25F4N3O2/c29-20-8-9-26-23(13-20)22(10-11-34-26)18-6-4-17(5-7-18)14-35-27(36)25-16-33-15-24(25)19-2-1-3-21(12-19)37-28(30,31)32/h1-3,8-13,15-18,33H,4-7,14H2,(H,35,36). The maximum Gasteiger partial charge on any atom is 0.573 e. The molecule has 2 N–H and O–H groups in total. The van der Waals surface area contributed by atoms with Gasteiger partial charge in [0, 0.05) is 36.1 Å². The average Bonchev–Trinajstić information content (AvgIpc) is 3.37. The van der Waals surface area contributed by atoms with Gasteiger partial charge in [0.15, 0.2) is 0 Å². The molecule has 9 heteroatoms. The SMILES string of the molecule is O=C(NCC1CCC(c2ccnc3ccc(F)cc23)CC1)c1c[nH]cc1-c1cccc(OC(F)(F)F)c1. The lowest BCUT2D eigenvalue weighted by Gasteiger charge is -2.29. The summed E-state index contributed by atoms with van der Waals surface area (Å²) < 4.78 is 55.6. The van der Waals surface area contributed by atoms with E-state index in [-0.39, 0.29) is 17.5 Å². The molecule has 0 spiro atoms. The Morgan fingerprint density at radius 3 is 2.65 bits per heavy atom. The molecule has 37 heavy (non-hydrogen) atoms. The Labute approximate surface area is 210 Å². The van der Waals surface area contributed by atoms with Crippen LogP contribution in [0.2, 0.25) is 0 Å². The van der Waals surface area contributed by atoms with Gasteiger partial charge in [0.05, 0.1) is 11.1 Å². The molecule has 0 radical (unpaired) electrons. The molecule has 1 aliphatic rings. The van der Waals surface area contributed by atoms with Crippen molar-refractivity contribution in [1.29, 1.82) is 0 Å². The molecule has 0 bridgehead atoms. The minimum Gasteiger partial charge on any atom is -0.406 e. The summed E-state index contributed by atoms with van der Waals surface area (Å²) in [6.07, 6.45) is 3.77. The van der Waals surface area contributed by atoms with E-state index in [2.05, 4.69) is 20.0 Å². The van der Waals surface area contributed by atoms with E-state index in [4.69, 9.17) is 0 Å². The first-order valence-electron chi connectivity index (χ1n) is 12.1. The Hall–Kier alpha value is -3.88. The fourth-order valence-electron chi connectivity index (χ4n) is 5.16. The van der Waals surface area contributed by atoms with Crippen molar-refractivity contribution in [2.75, 3.05) is 6.54 Å². The number of carbonyl (C=O) groups excluding carboxylic acids is 1. The summed E-state index contributed by atoms with van der Waals surface area (Å²) in [6.45, 7) is 0.499. The topological polar surface area (TPSA) is 67.0 Å². The van der Waals surface area contributed by atoms with E-state index in [0.717, 1.165) is 42.1 Å². The van der Waals surface area contributed by atoms with Crippen molar-refractivity contribution in [3.05, 3.63) is 84.1 Å². The van der Waals surface area contributed by atoms with Gasteiger partial charge in [-0.05, 0) is 85.0 Å². The molecule has 4 aromatic rings. The van der Waals surface area contributed by atoms with Gasteiger partial charge in [-0.15, -0.1) is 13.2 Å². The van der Waals surface area contributed by atoms with Gasteiger partial charge in [0.1, 0.15) is 11.6 Å². The lowest BCUT2D eigenvalue weighted by molar-refractivity contribution is -0.274. The van der Waals surface area contributed by atoms with Gasteiger partial charge < -0.3 is 15.0 Å². The highest BCUT2D eigenvalue weighted by atomic mass is 19.4. The second-order valence-corrected chi connectivity index (χ2v) is 9.35. The van der Waals surface area contributed by atoms with E-state index in [1.54, 1.807) is 30.6 Å². The molecule has 0 saturated heterocycles. The van der Waals surface area contributed by atoms with Gasteiger partial charge in [0.25, 0.3) is 5.91 Å². The van der Waals surface area contributed by atoms with E-state index in [1.807, 2.05) is 6.07 Å². The number of amides is 1. The first-order chi connectivity index (χ1) is 17.8. The molecule has 5 nitrogen and oxygen atoms in total. The van der Waals surface area contributed by atoms with Crippen LogP contribution in [-0.4, -0.2) is 28.8 Å². The number of rotatable bonds is 6. The number of pyridine rings is 1. The second kappa shape index (κ2) is 10.2. The first-order valence-corrected chi connectivity index (χ1v) is 12.1. The van der Waals surface area contributed by atoms with Crippen LogP contribution in [0.25, 0.3) is 22.0 Å². The number of nitrogens with zero attached hydrogens (tertiary/aromatic N) is 1. The molecule has 192 valence electrons. The van der Waals surface area contributed by atoms with Crippen LogP contribution in [0, 0.1) is 11.7 Å². The van der Waals surface area contributed by atoms with Crippen molar-refractivity contribution < 1.29 is 27.1 Å². The van der Waals surface area contributed by atoms with Gasteiger partial charge in [-0.25, -0.2) is 4.39 Å². The van der Waals surface area contributed by atoms with Crippen LogP contribution in [0.5, 0.6) is 5.75 Å². The average molecular weight is 512 g/mol. The number of carbonyl (C=O) groups is 1. The summed E-state index contributed by atoms with van der Waals surface area (Å²) in [4.78, 5) is 20.1. The Morgan fingerprint density at radius 1 is 1.05 bits per heavy atom. The number of nitrogens with one attached hydrogen (secondary N) is 2. The Morgan fingerprint density at radius 2 is 1.86 bits per heavy atom. The van der Waals surface area contributed by atoms with Crippen molar-refractivity contribution in [2.45, 2.75) is 38.0 Å². The molecule has 0 aliphatic heterocycles. The fraction of sp³-hybridized carbons (Fsp3) is 0.286. The summed E-state index contributed by atoms with van der Waals surface area (Å²) >= 11 is 0. The maximum atomic E-state index is 13.8. The van der Waals surface area contributed by atoms with E-state index in [9.17, 15) is 22.4 Å². The molecule has 1 amide bonds. The number of ether oxygens (including phenoxy) is 1. The van der Waals surface area contributed by atoms with Crippen LogP contribution < -0.4 is 10.1 Å². The predicted octanol–water partition coefficient (Wildman–Crippen LogP) is 6.97. The zero-order valence-corrected chi connectivity index (χ0v) is 19.8. The van der Waals surface area contributed by atoms with Crippen molar-refractivity contribution in [1.82, 2.24) is 15.3 Å². The van der Waals surface area contributed by atoms with Crippen molar-refractivity contribution in [3.63, 3.8) is 0 Å². The zero-order chi connectivity index (χ0) is 26.0. The third-order valence-electron chi connectivity index (χ3n) is 6.94. The lowest BCUT2D eigenvalue weighted by Crippen LogP contribution is -2.31. The van der Waals surface area contributed by atoms with Gasteiger partial charge >= 0.3 is 6.36 Å². The van der Waals surface area contributed by atoms with Crippen molar-refractivity contribution in [3.8, 4) is 16.9 Å². The van der Waals surface area contributed by atoms with Crippen molar-refractivity contribution in [2.24, 2.45) is 5.92 Å². The molecule has 2 heterocycles. The molecule has 1 aliphatic carbocycles. The summed E-state index contributed by atoms with van der Waals surface area (Å²) in [5.74, 6) is -0.310. The number of fused-ring (bicyclic) bond motifs is 1. The summed E-state index contributed by atoms with van der Waals surface area (Å²) in [7, 11) is 0. The van der Waals surface area contributed by atoms with Crippen LogP contribution in [-0.2, 0) is 0 Å². The quantitative estimate of drug-likeness (QED) is 0.275. The van der Waals surface area contributed by atoms with Gasteiger partial charge in [-0.3, -0.25) is 9.78 Å². The molecule has 1 fully saturated rings. The smallest absolute Gasteiger partial charge is 0.406 e. The van der Waals surface area contributed by atoms with Crippen LogP contribution in [0.3, 0.4) is 0 Å². The summed E-state index contributed by atoms with van der Waals surface area (Å²) in [5, 5.41) is 3.83. The molecular formula is C28H25F4N3O2. The number of aromatic nitrogens is 2. The number of halogens is 4. The molecule has 2 aromatic heterocycles. The molecule has 1 saturated carbocycles. The van der Waals surface area contributed by atoms with Crippen LogP contribution in [0.1, 0.15) is 47.5 Å². The predicted molar refractivity (Wildman–Crippen MR) is 132 cm³/mol. The Bertz CT molecular complexity index is 1410. The number of H-pyrrole nitrogens is 1. The molecule has 5 rings (SSSR count). The molecule has 2 aromatic carbocycles. The van der Waals surface area contributed by atoms with E-state index in [1.165, 1.54) is 30.5 Å². The number of alkyl halides is 3. The Balaban J connectivity index is 1.20. The minimum atomic E-state index is -4.79. The third-order valence-corrected chi connectivity index (χ3v) is 6.94. The second-order valence-electron chi connectivity index (χ2n) is 9.35. The number of aromatic amines is 1. The van der Waals surface area contributed by atoms with Crippen LogP contribution >= 0.6 is 0 Å². The van der Waals surface area contributed by atoms with E-state index >= 15 is 0 Å². The number of hydrogen-bond donors (Lipinski definition) is 2. The number of benzene rings is 2. The fourth-order valence-corrected chi connectivity index (χ4v) is 5.16. The Kier molecular flexibility index (Phi) is 6.86. The van der Waals surface area contributed by atoms with Crippen LogP contribution in [0.4, 0.5) is 17.6 Å². The lowest BCUT2D eigenvalue weighted by atomic mass is 9.78. The highest BCUT2D eigenvalue weighted by Crippen LogP contribution is 2.38. The molecule has 0 unspecified atom stereocenters. The van der Waals surface area contributed by atoms with E-state index in [0.29, 0.717) is 35.1 Å². The first kappa shape index (κ1) is 24.8. The van der Waals surface area contributed by atoms with Crippen molar-refractivity contribution >= 4 is 16.8 Å². The summed E-state index contributed by atoms with van der Waals surface area (Å²) in [6, 6.07) is 12.2. The molecule has 0 atom stereocenters. The zero-order valence-electron chi connectivity index (χ0n) is 19.8. The molecular weight excluding hydrogens is 486 g/mol. The highest BCUT2D eigenvalue weighted by molar-refractivity contribution is 6.00. The van der Waals surface area contributed by atoms with Gasteiger partial charge in [0.2, 0.25) is 0 Å².